The molecule has 0 spiro atoms. The van der Waals surface area contributed by atoms with Crippen molar-refractivity contribution in [2.75, 3.05) is 31.2 Å². The molecule has 1 fully saturated rings. The van der Waals surface area contributed by atoms with Crippen molar-refractivity contribution in [3.8, 4) is 0 Å². The van der Waals surface area contributed by atoms with E-state index in [-0.39, 0.29) is 18.4 Å². The summed E-state index contributed by atoms with van der Waals surface area (Å²) in [4.78, 5) is 46.7. The molecule has 1 aromatic heterocycles. The maximum Gasteiger partial charge on any atom is 0.262 e. The largest absolute Gasteiger partial charge is 0.378 e. The van der Waals surface area contributed by atoms with Crippen LogP contribution in [0.25, 0.3) is 0 Å². The maximum absolute atomic E-state index is 13.1. The number of amides is 3. The van der Waals surface area contributed by atoms with E-state index in [1.165, 1.54) is 0 Å². The lowest BCUT2D eigenvalue weighted by Gasteiger charge is -2.28. The number of nitrogens with one attached hydrogen (secondary N) is 1. The number of imide groups is 1. The second-order valence-corrected chi connectivity index (χ2v) is 8.51. The van der Waals surface area contributed by atoms with Crippen LogP contribution in [-0.4, -0.2) is 60.0 Å². The molecule has 168 valence electrons. The lowest BCUT2D eigenvalue weighted by atomic mass is 10.0. The lowest BCUT2D eigenvalue weighted by molar-refractivity contribution is -0.125. The number of benzene rings is 1. The first-order valence-corrected chi connectivity index (χ1v) is 11.0. The van der Waals surface area contributed by atoms with Crippen molar-refractivity contribution < 1.29 is 19.1 Å². The van der Waals surface area contributed by atoms with E-state index in [1.54, 1.807) is 30.5 Å². The molecule has 1 atom stereocenters. The van der Waals surface area contributed by atoms with Gasteiger partial charge in [-0.3, -0.25) is 19.3 Å². The highest BCUT2D eigenvalue weighted by molar-refractivity contribution is 6.22. The number of carbonyl (C=O) groups excluding carboxylic acids is 3. The van der Waals surface area contributed by atoms with Crippen molar-refractivity contribution in [1.29, 1.82) is 0 Å². The van der Waals surface area contributed by atoms with E-state index < -0.39 is 17.9 Å². The maximum atomic E-state index is 13.1. The molecule has 1 saturated heterocycles. The van der Waals surface area contributed by atoms with Gasteiger partial charge in [-0.2, -0.15) is 0 Å². The third kappa shape index (κ3) is 4.50. The molecule has 0 bridgehead atoms. The Balaban J connectivity index is 1.44. The molecule has 3 heterocycles. The number of aromatic nitrogens is 1. The molecule has 0 radical (unpaired) electrons. The fourth-order valence-electron chi connectivity index (χ4n) is 4.07. The monoisotopic (exact) mass is 436 g/mol. The third-order valence-corrected chi connectivity index (χ3v) is 5.75. The van der Waals surface area contributed by atoms with Gasteiger partial charge in [-0.1, -0.05) is 32.0 Å². The van der Waals surface area contributed by atoms with Crippen LogP contribution in [0.5, 0.6) is 0 Å². The first-order chi connectivity index (χ1) is 15.5. The van der Waals surface area contributed by atoms with Crippen LogP contribution < -0.4 is 10.2 Å². The molecule has 2 aromatic rings. The highest BCUT2D eigenvalue weighted by Crippen LogP contribution is 2.27. The molecule has 3 amide bonds. The van der Waals surface area contributed by atoms with E-state index in [2.05, 4.69) is 15.2 Å². The number of pyridine rings is 1. The summed E-state index contributed by atoms with van der Waals surface area (Å²) in [7, 11) is 0. The lowest BCUT2D eigenvalue weighted by Crippen LogP contribution is -2.50. The molecule has 8 nitrogen and oxygen atoms in total. The summed E-state index contributed by atoms with van der Waals surface area (Å²) in [6, 6.07) is 9.70. The van der Waals surface area contributed by atoms with Crippen molar-refractivity contribution >= 4 is 23.5 Å². The average Bonchev–Trinajstić information content (AvgIpc) is 3.07. The van der Waals surface area contributed by atoms with Crippen LogP contribution in [-0.2, 0) is 16.1 Å². The molecular formula is C24H28N4O4. The Kier molecular flexibility index (Phi) is 6.50. The van der Waals surface area contributed by atoms with E-state index in [0.717, 1.165) is 29.4 Å². The van der Waals surface area contributed by atoms with Gasteiger partial charge in [0.1, 0.15) is 11.9 Å². The zero-order valence-electron chi connectivity index (χ0n) is 18.4. The molecule has 2 aliphatic heterocycles. The molecule has 1 aromatic carbocycles. The minimum Gasteiger partial charge on any atom is -0.378 e. The van der Waals surface area contributed by atoms with E-state index in [9.17, 15) is 14.4 Å². The van der Waals surface area contributed by atoms with Gasteiger partial charge in [0.05, 0.1) is 24.3 Å². The third-order valence-electron chi connectivity index (χ3n) is 5.75. The second-order valence-electron chi connectivity index (χ2n) is 8.51. The van der Waals surface area contributed by atoms with Crippen LogP contribution in [0.4, 0.5) is 5.82 Å². The Bertz CT molecular complexity index is 964. The van der Waals surface area contributed by atoms with Crippen molar-refractivity contribution in [2.24, 2.45) is 5.92 Å². The molecule has 8 heteroatoms. The topological polar surface area (TPSA) is 91.8 Å². The van der Waals surface area contributed by atoms with Crippen LogP contribution in [0.1, 0.15) is 46.5 Å². The Hall–Kier alpha value is -3.26. The van der Waals surface area contributed by atoms with Crippen LogP contribution in [0.2, 0.25) is 0 Å². The number of fused-ring (bicyclic) bond motifs is 1. The summed E-state index contributed by atoms with van der Waals surface area (Å²) < 4.78 is 5.37. The fourth-order valence-corrected chi connectivity index (χ4v) is 4.07. The predicted molar refractivity (Wildman–Crippen MR) is 119 cm³/mol. The molecule has 2 aliphatic rings. The van der Waals surface area contributed by atoms with Crippen LogP contribution in [0.3, 0.4) is 0 Å². The van der Waals surface area contributed by atoms with Crippen molar-refractivity contribution in [3.63, 3.8) is 0 Å². The minimum atomic E-state index is -0.858. The van der Waals surface area contributed by atoms with Crippen molar-refractivity contribution in [1.82, 2.24) is 15.2 Å². The van der Waals surface area contributed by atoms with Crippen LogP contribution in [0.15, 0.2) is 42.6 Å². The molecular weight excluding hydrogens is 408 g/mol. The number of anilines is 1. The number of nitrogens with zero attached hydrogens (tertiary/aromatic N) is 3. The van der Waals surface area contributed by atoms with Gasteiger partial charge in [0, 0.05) is 25.8 Å². The van der Waals surface area contributed by atoms with E-state index in [0.29, 0.717) is 30.8 Å². The van der Waals surface area contributed by atoms with Gasteiger partial charge in [0.15, 0.2) is 0 Å². The number of carbonyl (C=O) groups is 3. The second kappa shape index (κ2) is 9.48. The Morgan fingerprint density at radius 3 is 2.28 bits per heavy atom. The van der Waals surface area contributed by atoms with Gasteiger partial charge in [0.25, 0.3) is 11.8 Å². The van der Waals surface area contributed by atoms with Crippen molar-refractivity contribution in [3.05, 3.63) is 59.3 Å². The molecule has 0 saturated carbocycles. The summed E-state index contributed by atoms with van der Waals surface area (Å²) in [5.41, 5.74) is 1.55. The summed E-state index contributed by atoms with van der Waals surface area (Å²) >= 11 is 0. The summed E-state index contributed by atoms with van der Waals surface area (Å²) in [6.45, 7) is 7.19. The molecule has 1 unspecified atom stereocenters. The standard InChI is InChI=1S/C24H28N4O4/c1-16(2)13-20(28-23(30)18-5-3-4-6-19(18)24(28)31)22(29)26-15-17-7-8-21(25-14-17)27-9-11-32-12-10-27/h3-8,14,16,20H,9-13,15H2,1-2H3,(H,26,29). The zero-order chi connectivity index (χ0) is 22.7. The van der Waals surface area contributed by atoms with Gasteiger partial charge in [-0.25, -0.2) is 4.98 Å². The van der Waals surface area contributed by atoms with E-state index >= 15 is 0 Å². The summed E-state index contributed by atoms with van der Waals surface area (Å²) in [5, 5.41) is 2.89. The highest BCUT2D eigenvalue weighted by Gasteiger charge is 2.42. The summed E-state index contributed by atoms with van der Waals surface area (Å²) in [6.07, 6.45) is 2.13. The quantitative estimate of drug-likeness (QED) is 0.670. The van der Waals surface area contributed by atoms with E-state index in [4.69, 9.17) is 4.74 Å². The SMILES string of the molecule is CC(C)CC(C(=O)NCc1ccc(N2CCOCC2)nc1)N1C(=O)c2ccccc2C1=O. The Labute approximate surface area is 187 Å². The number of hydrogen-bond donors (Lipinski definition) is 1. The first kappa shape index (κ1) is 22.0. The van der Waals surface area contributed by atoms with E-state index in [1.807, 2.05) is 26.0 Å². The summed E-state index contributed by atoms with van der Waals surface area (Å²) in [5.74, 6) is -0.159. The minimum absolute atomic E-state index is 0.129. The fraction of sp³-hybridized carbons (Fsp3) is 0.417. The van der Waals surface area contributed by atoms with Crippen LogP contribution in [0, 0.1) is 5.92 Å². The number of hydrogen-bond acceptors (Lipinski definition) is 6. The Morgan fingerprint density at radius 2 is 1.72 bits per heavy atom. The average molecular weight is 437 g/mol. The Morgan fingerprint density at radius 1 is 1.06 bits per heavy atom. The molecule has 1 N–H and O–H groups in total. The smallest absolute Gasteiger partial charge is 0.262 e. The molecule has 4 rings (SSSR count). The molecule has 32 heavy (non-hydrogen) atoms. The number of rotatable bonds is 7. The van der Waals surface area contributed by atoms with Crippen molar-refractivity contribution in [2.45, 2.75) is 32.9 Å². The normalized spacial score (nSPS) is 17.0. The van der Waals surface area contributed by atoms with Gasteiger partial charge < -0.3 is 15.0 Å². The number of ether oxygens (including phenoxy) is 1. The van der Waals surface area contributed by atoms with Gasteiger partial charge >= 0.3 is 0 Å². The number of morpholine rings is 1. The van der Waals surface area contributed by atoms with Gasteiger partial charge in [-0.15, -0.1) is 0 Å². The molecule has 0 aliphatic carbocycles. The predicted octanol–water partition coefficient (Wildman–Crippen LogP) is 2.25. The van der Waals surface area contributed by atoms with Gasteiger partial charge in [-0.05, 0) is 36.1 Å². The zero-order valence-corrected chi connectivity index (χ0v) is 18.4. The first-order valence-electron chi connectivity index (χ1n) is 11.0. The highest BCUT2D eigenvalue weighted by atomic mass is 16.5. The van der Waals surface area contributed by atoms with Gasteiger partial charge in [0.2, 0.25) is 5.91 Å². The van der Waals surface area contributed by atoms with Crippen LogP contribution >= 0.6 is 0 Å².